The molecule has 0 fully saturated rings. The van der Waals surface area contributed by atoms with Crippen LogP contribution < -0.4 is 7.90 Å². The van der Waals surface area contributed by atoms with Gasteiger partial charge in [0.25, 0.3) is 0 Å². The van der Waals surface area contributed by atoms with Crippen LogP contribution in [-0.2, 0) is 0 Å². The molecule has 3 rings (SSSR count). The maximum absolute atomic E-state index is 2.32. The molecule has 0 N–H and O–H groups in total. The SMILES string of the molecule is c1cs[c]([In]([c]2cccs2)[c]2cccs2)c1. The Morgan fingerprint density at radius 3 is 1.25 bits per heavy atom. The fourth-order valence-corrected chi connectivity index (χ4v) is 20.7. The standard InChI is InChI=1S/3C4H3S.In/c3*1-2-4-5-3-1;/h3*1-3H;. The maximum atomic E-state index is 2.32. The van der Waals surface area contributed by atoms with E-state index in [4.69, 9.17) is 0 Å². The minimum atomic E-state index is -1.90. The van der Waals surface area contributed by atoms with Crippen molar-refractivity contribution < 1.29 is 0 Å². The molecular formula is C12H9InS3. The van der Waals surface area contributed by atoms with Gasteiger partial charge in [-0.2, -0.15) is 0 Å². The van der Waals surface area contributed by atoms with Crippen molar-refractivity contribution in [1.82, 2.24) is 0 Å². The number of rotatable bonds is 3. The summed E-state index contributed by atoms with van der Waals surface area (Å²) in [6, 6.07) is 13.5. The molecule has 0 bridgehead atoms. The molecule has 3 heterocycles. The fraction of sp³-hybridized carbons (Fsp3) is 0. The van der Waals surface area contributed by atoms with Crippen LogP contribution in [0.5, 0.6) is 0 Å². The first-order valence-electron chi connectivity index (χ1n) is 5.05. The van der Waals surface area contributed by atoms with Crippen LogP contribution in [0.4, 0.5) is 0 Å². The Kier molecular flexibility index (Phi) is 3.52. The van der Waals surface area contributed by atoms with E-state index in [9.17, 15) is 0 Å². The molecule has 3 aromatic rings. The Balaban J connectivity index is 2.09. The summed E-state index contributed by atoms with van der Waals surface area (Å²) in [7, 11) is 0. The van der Waals surface area contributed by atoms with Gasteiger partial charge in [0.05, 0.1) is 0 Å². The van der Waals surface area contributed by atoms with Crippen LogP contribution in [0.3, 0.4) is 0 Å². The molecular weight excluding hydrogens is 355 g/mol. The molecule has 0 nitrogen and oxygen atoms in total. The van der Waals surface area contributed by atoms with Crippen LogP contribution in [0.25, 0.3) is 0 Å². The minimum absolute atomic E-state index is 1.65. The van der Waals surface area contributed by atoms with Crippen LogP contribution in [0.2, 0.25) is 0 Å². The first-order chi connectivity index (χ1) is 7.95. The van der Waals surface area contributed by atoms with E-state index < -0.39 is 21.4 Å². The van der Waals surface area contributed by atoms with Gasteiger partial charge in [0, 0.05) is 0 Å². The van der Waals surface area contributed by atoms with Gasteiger partial charge < -0.3 is 0 Å². The molecule has 0 radical (unpaired) electrons. The van der Waals surface area contributed by atoms with Crippen molar-refractivity contribution in [2.75, 3.05) is 0 Å². The molecule has 0 aromatic carbocycles. The summed E-state index contributed by atoms with van der Waals surface area (Å²) in [4.78, 5) is 0. The quantitative estimate of drug-likeness (QED) is 0.670. The fourth-order valence-electron chi connectivity index (χ4n) is 1.79. The van der Waals surface area contributed by atoms with Crippen LogP contribution >= 0.6 is 34.0 Å². The average molecular weight is 364 g/mol. The molecule has 0 amide bonds. The Morgan fingerprint density at radius 1 is 0.625 bits per heavy atom. The number of thiophene rings is 3. The van der Waals surface area contributed by atoms with Gasteiger partial charge in [-0.15, -0.1) is 0 Å². The molecule has 0 unspecified atom stereocenters. The monoisotopic (exact) mass is 364 g/mol. The van der Waals surface area contributed by atoms with Crippen molar-refractivity contribution in [2.24, 2.45) is 0 Å². The summed E-state index contributed by atoms with van der Waals surface area (Å²) in [6.07, 6.45) is 0. The van der Waals surface area contributed by atoms with Crippen LogP contribution in [-0.4, -0.2) is 21.4 Å². The molecule has 3 aromatic heterocycles. The summed E-state index contributed by atoms with van der Waals surface area (Å²) in [5, 5.41) is 6.63. The van der Waals surface area contributed by atoms with Crippen molar-refractivity contribution in [3.05, 3.63) is 52.5 Å². The van der Waals surface area contributed by atoms with Gasteiger partial charge in [0.15, 0.2) is 0 Å². The topological polar surface area (TPSA) is 0 Å². The van der Waals surface area contributed by atoms with E-state index in [1.54, 1.807) is 7.90 Å². The molecule has 0 spiro atoms. The second kappa shape index (κ2) is 5.08. The predicted molar refractivity (Wildman–Crippen MR) is 77.6 cm³/mol. The first-order valence-corrected chi connectivity index (χ1v) is 12.6. The molecule has 0 aliphatic carbocycles. The zero-order chi connectivity index (χ0) is 10.8. The second-order valence-corrected chi connectivity index (χ2v) is 17.8. The first kappa shape index (κ1) is 11.1. The van der Waals surface area contributed by atoms with Gasteiger partial charge >= 0.3 is 116 Å². The van der Waals surface area contributed by atoms with E-state index in [0.29, 0.717) is 0 Å². The van der Waals surface area contributed by atoms with Gasteiger partial charge in [-0.05, 0) is 0 Å². The van der Waals surface area contributed by atoms with Gasteiger partial charge in [-0.3, -0.25) is 0 Å². The molecule has 4 heteroatoms. The molecule has 0 saturated heterocycles. The Labute approximate surface area is 115 Å². The van der Waals surface area contributed by atoms with E-state index in [2.05, 4.69) is 52.5 Å². The zero-order valence-corrected chi connectivity index (χ0v) is 14.2. The van der Waals surface area contributed by atoms with E-state index in [1.807, 2.05) is 34.0 Å². The predicted octanol–water partition coefficient (Wildman–Crippen LogP) is 2.39. The summed E-state index contributed by atoms with van der Waals surface area (Å²) in [5.74, 6) is 0. The molecule has 0 saturated carbocycles. The third-order valence-corrected chi connectivity index (χ3v) is 19.3. The Hall–Kier alpha value is -0.0299. The van der Waals surface area contributed by atoms with Crippen LogP contribution in [0, 0.1) is 0 Å². The summed E-state index contributed by atoms with van der Waals surface area (Å²) >= 11 is 3.90. The normalized spacial score (nSPS) is 10.5. The average Bonchev–Trinajstić information content (AvgIpc) is 3.02. The van der Waals surface area contributed by atoms with Crippen LogP contribution in [0.15, 0.2) is 52.5 Å². The Bertz CT molecular complexity index is 441. The van der Waals surface area contributed by atoms with Crippen molar-refractivity contribution in [1.29, 1.82) is 0 Å². The third-order valence-electron chi connectivity index (χ3n) is 2.48. The molecule has 0 aliphatic heterocycles. The van der Waals surface area contributed by atoms with Crippen molar-refractivity contribution in [2.45, 2.75) is 0 Å². The van der Waals surface area contributed by atoms with Crippen LogP contribution in [0.1, 0.15) is 0 Å². The molecule has 16 heavy (non-hydrogen) atoms. The number of hydrogen-bond donors (Lipinski definition) is 0. The van der Waals surface area contributed by atoms with E-state index in [1.165, 1.54) is 0 Å². The Morgan fingerprint density at radius 2 is 1.00 bits per heavy atom. The van der Waals surface area contributed by atoms with E-state index in [-0.39, 0.29) is 0 Å². The van der Waals surface area contributed by atoms with Crippen molar-refractivity contribution in [3.8, 4) is 0 Å². The zero-order valence-electron chi connectivity index (χ0n) is 8.50. The molecule has 78 valence electrons. The van der Waals surface area contributed by atoms with Gasteiger partial charge in [0.1, 0.15) is 0 Å². The number of hydrogen-bond acceptors (Lipinski definition) is 3. The van der Waals surface area contributed by atoms with Gasteiger partial charge in [-0.1, -0.05) is 0 Å². The molecule has 0 atom stereocenters. The molecule has 0 aliphatic rings. The summed E-state index contributed by atoms with van der Waals surface area (Å²) < 4.78 is 4.94. The van der Waals surface area contributed by atoms with Crippen molar-refractivity contribution >= 4 is 63.3 Å². The van der Waals surface area contributed by atoms with Gasteiger partial charge in [-0.25, -0.2) is 0 Å². The van der Waals surface area contributed by atoms with E-state index in [0.717, 1.165) is 0 Å². The third kappa shape index (κ3) is 2.16. The summed E-state index contributed by atoms with van der Waals surface area (Å²) in [6.45, 7) is 0. The summed E-state index contributed by atoms with van der Waals surface area (Å²) in [5.41, 5.74) is 0. The van der Waals surface area contributed by atoms with Crippen molar-refractivity contribution in [3.63, 3.8) is 0 Å². The second-order valence-electron chi connectivity index (χ2n) is 3.48. The van der Waals surface area contributed by atoms with E-state index >= 15 is 0 Å². The van der Waals surface area contributed by atoms with Gasteiger partial charge in [0.2, 0.25) is 0 Å².